The Bertz CT molecular complexity index is 720. The molecule has 0 radical (unpaired) electrons. The predicted octanol–water partition coefficient (Wildman–Crippen LogP) is 0.950. The van der Waals surface area contributed by atoms with Gasteiger partial charge in [-0.25, -0.2) is 14.9 Å². The van der Waals surface area contributed by atoms with Crippen LogP contribution in [0.1, 0.15) is 24.4 Å². The normalized spacial score (nSPS) is 17.8. The van der Waals surface area contributed by atoms with E-state index in [2.05, 4.69) is 20.5 Å². The number of rotatable bonds is 4. The van der Waals surface area contributed by atoms with Gasteiger partial charge in [-0.05, 0) is 19.8 Å². The van der Waals surface area contributed by atoms with Crippen LogP contribution >= 0.6 is 23.1 Å². The van der Waals surface area contributed by atoms with Crippen LogP contribution in [-0.4, -0.2) is 37.5 Å². The Morgan fingerprint density at radius 2 is 2.45 bits per heavy atom. The third-order valence-corrected chi connectivity index (χ3v) is 5.68. The first kappa shape index (κ1) is 15.3. The van der Waals surface area contributed by atoms with Crippen LogP contribution in [0, 0.1) is 6.92 Å². The van der Waals surface area contributed by atoms with Crippen LogP contribution in [0.2, 0.25) is 0 Å². The summed E-state index contributed by atoms with van der Waals surface area (Å²) in [6.07, 6.45) is 2.25. The van der Waals surface area contributed by atoms with Crippen molar-refractivity contribution in [2.24, 2.45) is 0 Å². The highest BCUT2D eigenvalue weighted by Crippen LogP contribution is 2.22. The van der Waals surface area contributed by atoms with Gasteiger partial charge in [0.25, 0.3) is 0 Å². The third kappa shape index (κ3) is 3.58. The molecule has 1 unspecified atom stereocenters. The second kappa shape index (κ2) is 6.66. The van der Waals surface area contributed by atoms with Crippen molar-refractivity contribution in [1.29, 1.82) is 0 Å². The predicted molar refractivity (Wildman–Crippen MR) is 85.3 cm³/mol. The molecule has 0 aromatic carbocycles. The summed E-state index contributed by atoms with van der Waals surface area (Å²) in [6, 6.07) is 0.0900. The van der Waals surface area contributed by atoms with Gasteiger partial charge in [0, 0.05) is 30.1 Å². The fraction of sp³-hybridized carbons (Fsp3) is 0.538. The average Bonchev–Trinajstić information content (AvgIpc) is 2.99. The maximum absolute atomic E-state index is 12.0. The minimum atomic E-state index is -0.170. The largest absolute Gasteiger partial charge is 0.353 e. The first-order chi connectivity index (χ1) is 10.6. The summed E-state index contributed by atoms with van der Waals surface area (Å²) in [5.74, 6) is 1.15. The Morgan fingerprint density at radius 3 is 3.23 bits per heavy atom. The van der Waals surface area contributed by atoms with E-state index in [0.29, 0.717) is 18.7 Å². The summed E-state index contributed by atoms with van der Waals surface area (Å²) in [6.45, 7) is 2.53. The number of amides is 1. The van der Waals surface area contributed by atoms with Crippen LogP contribution < -0.4 is 11.0 Å². The number of carbonyl (C=O) groups excluding carboxylic acids is 1. The van der Waals surface area contributed by atoms with Crippen molar-refractivity contribution in [3.63, 3.8) is 0 Å². The molecule has 118 valence electrons. The van der Waals surface area contributed by atoms with Gasteiger partial charge in [0.15, 0.2) is 4.34 Å². The molecule has 2 aromatic heterocycles. The topological polar surface area (TPSA) is 92.7 Å². The molecule has 2 aromatic rings. The molecule has 1 aliphatic rings. The first-order valence-corrected chi connectivity index (χ1v) is 8.96. The Morgan fingerprint density at radius 1 is 1.59 bits per heavy atom. The molecule has 3 rings (SSSR count). The quantitative estimate of drug-likeness (QED) is 0.809. The average molecular weight is 339 g/mol. The van der Waals surface area contributed by atoms with Gasteiger partial charge in [-0.3, -0.25) is 9.36 Å². The molecule has 2 N–H and O–H groups in total. The summed E-state index contributed by atoms with van der Waals surface area (Å²) in [4.78, 5) is 27.9. The maximum Gasteiger partial charge on any atom is 0.343 e. The van der Waals surface area contributed by atoms with E-state index >= 15 is 0 Å². The third-order valence-electron chi connectivity index (χ3n) is 3.54. The van der Waals surface area contributed by atoms with Gasteiger partial charge < -0.3 is 5.32 Å². The summed E-state index contributed by atoms with van der Waals surface area (Å²) < 4.78 is 2.57. The smallest absolute Gasteiger partial charge is 0.343 e. The fourth-order valence-corrected chi connectivity index (χ4v) is 4.10. The van der Waals surface area contributed by atoms with Crippen molar-refractivity contribution < 1.29 is 4.79 Å². The van der Waals surface area contributed by atoms with Crippen molar-refractivity contribution in [2.75, 3.05) is 5.75 Å². The molecule has 1 amide bonds. The second-order valence-corrected chi connectivity index (χ2v) is 7.31. The molecule has 7 nitrogen and oxygen atoms in total. The van der Waals surface area contributed by atoms with Crippen LogP contribution in [0.25, 0.3) is 0 Å². The standard InChI is InChI=1S/C13H17N5O2S2/c1-8-6-21-13(14-8)22-7-11(19)15-9-2-3-10-16-17-12(20)18(10)5-4-9/h6,9H,2-5,7H2,1H3,(H,15,19)(H,17,20). The molecule has 0 fully saturated rings. The molecule has 3 heterocycles. The van der Waals surface area contributed by atoms with Crippen LogP contribution in [0.4, 0.5) is 0 Å². The number of hydrogen-bond acceptors (Lipinski definition) is 6. The van der Waals surface area contributed by atoms with E-state index in [0.717, 1.165) is 28.7 Å². The minimum absolute atomic E-state index is 0.0105. The Kier molecular flexibility index (Phi) is 4.63. The molecule has 22 heavy (non-hydrogen) atoms. The van der Waals surface area contributed by atoms with E-state index in [1.165, 1.54) is 11.8 Å². The number of nitrogens with zero attached hydrogens (tertiary/aromatic N) is 3. The monoisotopic (exact) mass is 339 g/mol. The van der Waals surface area contributed by atoms with Gasteiger partial charge in [0.05, 0.1) is 5.75 Å². The molecular formula is C13H17N5O2S2. The van der Waals surface area contributed by atoms with E-state index in [-0.39, 0.29) is 17.6 Å². The lowest BCUT2D eigenvalue weighted by Gasteiger charge is -2.15. The number of hydrogen-bond donors (Lipinski definition) is 2. The molecule has 0 saturated heterocycles. The number of fused-ring (bicyclic) bond motifs is 1. The summed E-state index contributed by atoms with van der Waals surface area (Å²) in [5, 5.41) is 11.5. The van der Waals surface area contributed by atoms with E-state index < -0.39 is 0 Å². The van der Waals surface area contributed by atoms with Crippen LogP contribution in [0.3, 0.4) is 0 Å². The molecule has 0 aliphatic carbocycles. The van der Waals surface area contributed by atoms with Crippen LogP contribution in [-0.2, 0) is 17.8 Å². The zero-order chi connectivity index (χ0) is 15.5. The lowest BCUT2D eigenvalue weighted by molar-refractivity contribution is -0.119. The van der Waals surface area contributed by atoms with Crippen molar-refractivity contribution >= 4 is 29.0 Å². The Labute approximate surface area is 135 Å². The lowest BCUT2D eigenvalue weighted by atomic mass is 10.1. The number of aromatic nitrogens is 4. The van der Waals surface area contributed by atoms with Gasteiger partial charge in [-0.1, -0.05) is 11.8 Å². The zero-order valence-corrected chi connectivity index (χ0v) is 13.8. The maximum atomic E-state index is 12.0. The van der Waals surface area contributed by atoms with Gasteiger partial charge in [-0.2, -0.15) is 5.10 Å². The molecular weight excluding hydrogens is 322 g/mol. The van der Waals surface area contributed by atoms with Gasteiger partial charge in [0.1, 0.15) is 5.82 Å². The number of aromatic amines is 1. The van der Waals surface area contributed by atoms with Crippen LogP contribution in [0.15, 0.2) is 14.5 Å². The number of carbonyl (C=O) groups is 1. The number of H-pyrrole nitrogens is 1. The molecule has 0 saturated carbocycles. The zero-order valence-electron chi connectivity index (χ0n) is 12.2. The number of thioether (sulfide) groups is 1. The second-order valence-electron chi connectivity index (χ2n) is 5.23. The van der Waals surface area contributed by atoms with E-state index in [1.807, 2.05) is 12.3 Å². The fourth-order valence-electron chi connectivity index (χ4n) is 2.44. The Balaban J connectivity index is 1.49. The Hall–Kier alpha value is -1.61. The summed E-state index contributed by atoms with van der Waals surface area (Å²) in [5.41, 5.74) is 0.813. The molecule has 0 bridgehead atoms. The minimum Gasteiger partial charge on any atom is -0.353 e. The van der Waals surface area contributed by atoms with E-state index in [4.69, 9.17) is 0 Å². The van der Waals surface area contributed by atoms with Gasteiger partial charge >= 0.3 is 5.69 Å². The first-order valence-electron chi connectivity index (χ1n) is 7.10. The highest BCUT2D eigenvalue weighted by atomic mass is 32.2. The highest BCUT2D eigenvalue weighted by Gasteiger charge is 2.20. The van der Waals surface area contributed by atoms with Gasteiger partial charge in [-0.15, -0.1) is 11.3 Å². The van der Waals surface area contributed by atoms with Gasteiger partial charge in [0.2, 0.25) is 5.91 Å². The van der Waals surface area contributed by atoms with Crippen molar-refractivity contribution in [2.45, 2.75) is 43.1 Å². The molecule has 1 aliphatic heterocycles. The lowest BCUT2D eigenvalue weighted by Crippen LogP contribution is -2.36. The number of thiazole rings is 1. The van der Waals surface area contributed by atoms with Crippen molar-refractivity contribution in [3.8, 4) is 0 Å². The highest BCUT2D eigenvalue weighted by molar-refractivity contribution is 8.01. The molecule has 0 spiro atoms. The number of aryl methyl sites for hydroxylation is 2. The van der Waals surface area contributed by atoms with Crippen molar-refractivity contribution in [1.82, 2.24) is 25.1 Å². The molecule has 1 atom stereocenters. The van der Waals surface area contributed by atoms with E-state index in [9.17, 15) is 9.59 Å². The van der Waals surface area contributed by atoms with Crippen molar-refractivity contribution in [3.05, 3.63) is 27.4 Å². The van der Waals surface area contributed by atoms with Crippen LogP contribution in [0.5, 0.6) is 0 Å². The van der Waals surface area contributed by atoms with E-state index in [1.54, 1.807) is 15.9 Å². The SMILES string of the molecule is Cc1csc(SCC(=O)NC2CCc3n[nH]c(=O)n3CC2)n1. The summed E-state index contributed by atoms with van der Waals surface area (Å²) >= 11 is 3.01. The molecule has 9 heteroatoms. The number of nitrogens with one attached hydrogen (secondary N) is 2. The summed E-state index contributed by atoms with van der Waals surface area (Å²) in [7, 11) is 0.